The molecule has 28 heavy (non-hydrogen) atoms. The molecule has 0 spiro atoms. The molecule has 2 unspecified atom stereocenters. The van der Waals surface area contributed by atoms with E-state index in [-0.39, 0.29) is 30.4 Å². The van der Waals surface area contributed by atoms with Crippen molar-refractivity contribution in [2.75, 3.05) is 13.1 Å². The van der Waals surface area contributed by atoms with Gasteiger partial charge in [-0.2, -0.15) is 0 Å². The summed E-state index contributed by atoms with van der Waals surface area (Å²) in [5, 5.41) is 2.91. The molecule has 1 saturated heterocycles. The van der Waals surface area contributed by atoms with Gasteiger partial charge in [0, 0.05) is 32.6 Å². The molecule has 1 amide bonds. The molecule has 2 aromatic carbocycles. The number of hydrogen-bond donors (Lipinski definition) is 1. The molecule has 1 aliphatic rings. The van der Waals surface area contributed by atoms with E-state index in [4.69, 9.17) is 4.74 Å². The van der Waals surface area contributed by atoms with Crippen LogP contribution in [0.5, 0.6) is 0 Å². The molecule has 0 aliphatic carbocycles. The molecule has 5 heteroatoms. The van der Waals surface area contributed by atoms with Crippen molar-refractivity contribution in [3.63, 3.8) is 0 Å². The number of hydrogen-bond acceptors (Lipinski definition) is 3. The van der Waals surface area contributed by atoms with Crippen LogP contribution in [0, 0.1) is 5.82 Å². The van der Waals surface area contributed by atoms with Crippen molar-refractivity contribution in [1.82, 2.24) is 10.2 Å². The zero-order valence-electron chi connectivity index (χ0n) is 16.7. The highest BCUT2D eigenvalue weighted by Crippen LogP contribution is 2.15. The number of ether oxygens (including phenoxy) is 1. The molecule has 1 heterocycles. The van der Waals surface area contributed by atoms with Crippen LogP contribution in [0.3, 0.4) is 0 Å². The summed E-state index contributed by atoms with van der Waals surface area (Å²) in [4.78, 5) is 14.5. The number of carbonyl (C=O) groups excluding carboxylic acids is 1. The van der Waals surface area contributed by atoms with E-state index in [1.54, 1.807) is 18.2 Å². The monoisotopic (exact) mass is 384 g/mol. The van der Waals surface area contributed by atoms with E-state index >= 15 is 0 Å². The van der Waals surface area contributed by atoms with Gasteiger partial charge in [0.1, 0.15) is 5.82 Å². The van der Waals surface area contributed by atoms with Crippen LogP contribution in [0.4, 0.5) is 4.39 Å². The fourth-order valence-corrected chi connectivity index (χ4v) is 3.67. The van der Waals surface area contributed by atoms with E-state index in [2.05, 4.69) is 48.3 Å². The van der Waals surface area contributed by atoms with Crippen LogP contribution >= 0.6 is 0 Å². The number of nitrogens with zero attached hydrogens (tertiary/aromatic N) is 1. The van der Waals surface area contributed by atoms with Crippen LogP contribution in [0.15, 0.2) is 48.5 Å². The van der Waals surface area contributed by atoms with E-state index in [1.807, 2.05) is 0 Å². The Balaban J connectivity index is 1.42. The lowest BCUT2D eigenvalue weighted by Crippen LogP contribution is -2.44. The highest BCUT2D eigenvalue weighted by atomic mass is 19.1. The second-order valence-corrected chi connectivity index (χ2v) is 7.64. The van der Waals surface area contributed by atoms with Gasteiger partial charge in [-0.15, -0.1) is 0 Å². The summed E-state index contributed by atoms with van der Waals surface area (Å²) in [6.45, 7) is 7.52. The number of rotatable bonds is 7. The van der Waals surface area contributed by atoms with Crippen LogP contribution in [0.2, 0.25) is 0 Å². The van der Waals surface area contributed by atoms with E-state index in [0.717, 1.165) is 25.2 Å². The smallest absolute Gasteiger partial charge is 0.220 e. The number of halogens is 1. The normalized spacial score (nSPS) is 20.1. The molecular weight excluding hydrogens is 355 g/mol. The van der Waals surface area contributed by atoms with Gasteiger partial charge in [0.15, 0.2) is 0 Å². The Morgan fingerprint density at radius 3 is 2.39 bits per heavy atom. The topological polar surface area (TPSA) is 41.6 Å². The minimum absolute atomic E-state index is 0.0661. The Kier molecular flexibility index (Phi) is 7.18. The fraction of sp³-hybridized carbons (Fsp3) is 0.435. The zero-order chi connectivity index (χ0) is 19.9. The number of morpholine rings is 1. The van der Waals surface area contributed by atoms with Gasteiger partial charge in [-0.3, -0.25) is 9.69 Å². The Morgan fingerprint density at radius 2 is 1.71 bits per heavy atom. The van der Waals surface area contributed by atoms with Crippen LogP contribution < -0.4 is 5.32 Å². The van der Waals surface area contributed by atoms with Crippen molar-refractivity contribution in [2.24, 2.45) is 0 Å². The maximum absolute atomic E-state index is 13.6. The van der Waals surface area contributed by atoms with Crippen molar-refractivity contribution >= 4 is 5.91 Å². The highest BCUT2D eigenvalue weighted by Gasteiger charge is 2.21. The molecule has 1 aliphatic heterocycles. The van der Waals surface area contributed by atoms with Gasteiger partial charge in [-0.1, -0.05) is 42.5 Å². The lowest BCUT2D eigenvalue weighted by molar-refractivity contribution is -0.121. The second-order valence-electron chi connectivity index (χ2n) is 7.64. The Bertz CT molecular complexity index is 768. The maximum atomic E-state index is 13.6. The summed E-state index contributed by atoms with van der Waals surface area (Å²) < 4.78 is 19.4. The zero-order valence-corrected chi connectivity index (χ0v) is 16.7. The summed E-state index contributed by atoms with van der Waals surface area (Å²) >= 11 is 0. The van der Waals surface area contributed by atoms with Crippen LogP contribution in [0.25, 0.3) is 0 Å². The van der Waals surface area contributed by atoms with Crippen molar-refractivity contribution in [3.05, 3.63) is 71.0 Å². The number of amides is 1. The first-order valence-corrected chi connectivity index (χ1v) is 9.95. The molecule has 0 saturated carbocycles. The first-order chi connectivity index (χ1) is 13.5. The molecule has 0 bridgehead atoms. The maximum Gasteiger partial charge on any atom is 0.220 e. The molecule has 0 aromatic heterocycles. The third kappa shape index (κ3) is 6.14. The van der Waals surface area contributed by atoms with Crippen molar-refractivity contribution in [3.8, 4) is 0 Å². The molecular formula is C23H29FN2O2. The molecule has 4 nitrogen and oxygen atoms in total. The van der Waals surface area contributed by atoms with Gasteiger partial charge in [-0.25, -0.2) is 4.39 Å². The van der Waals surface area contributed by atoms with Crippen molar-refractivity contribution < 1.29 is 13.9 Å². The second kappa shape index (κ2) is 9.80. The fourth-order valence-electron chi connectivity index (χ4n) is 3.67. The SMILES string of the molecule is CC1CN(Cc2ccc(CNC(=O)CCc3ccccc3F)cc2)CC(C)O1. The number of carbonyl (C=O) groups is 1. The van der Waals surface area contributed by atoms with E-state index in [9.17, 15) is 9.18 Å². The minimum atomic E-state index is -0.255. The van der Waals surface area contributed by atoms with Gasteiger partial charge >= 0.3 is 0 Å². The molecule has 150 valence electrons. The van der Waals surface area contributed by atoms with E-state index in [1.165, 1.54) is 11.6 Å². The third-order valence-corrected chi connectivity index (χ3v) is 4.99. The lowest BCUT2D eigenvalue weighted by Gasteiger charge is -2.35. The van der Waals surface area contributed by atoms with Crippen LogP contribution in [0.1, 0.15) is 37.0 Å². The Morgan fingerprint density at radius 1 is 1.07 bits per heavy atom. The summed E-state index contributed by atoms with van der Waals surface area (Å²) in [5.41, 5.74) is 2.90. The van der Waals surface area contributed by atoms with Crippen LogP contribution in [-0.2, 0) is 29.0 Å². The summed E-state index contributed by atoms with van der Waals surface area (Å²) in [5.74, 6) is -0.321. The lowest BCUT2D eigenvalue weighted by atomic mass is 10.1. The Labute approximate surface area is 166 Å². The predicted molar refractivity (Wildman–Crippen MR) is 108 cm³/mol. The average molecular weight is 384 g/mol. The first kappa shape index (κ1) is 20.5. The quantitative estimate of drug-likeness (QED) is 0.792. The largest absolute Gasteiger partial charge is 0.373 e. The van der Waals surface area contributed by atoms with Gasteiger partial charge < -0.3 is 10.1 Å². The molecule has 0 radical (unpaired) electrons. The first-order valence-electron chi connectivity index (χ1n) is 9.95. The summed E-state index contributed by atoms with van der Waals surface area (Å²) in [6.07, 6.45) is 1.23. The summed E-state index contributed by atoms with van der Waals surface area (Å²) in [6, 6.07) is 14.9. The average Bonchev–Trinajstić information content (AvgIpc) is 2.66. The predicted octanol–water partition coefficient (Wildman–Crippen LogP) is 3.68. The summed E-state index contributed by atoms with van der Waals surface area (Å²) in [7, 11) is 0. The molecule has 2 aromatic rings. The highest BCUT2D eigenvalue weighted by molar-refractivity contribution is 5.76. The number of benzene rings is 2. The van der Waals surface area contributed by atoms with Crippen molar-refractivity contribution in [2.45, 2.75) is 52.0 Å². The van der Waals surface area contributed by atoms with E-state index < -0.39 is 0 Å². The van der Waals surface area contributed by atoms with Crippen LogP contribution in [-0.4, -0.2) is 36.1 Å². The van der Waals surface area contributed by atoms with Crippen molar-refractivity contribution in [1.29, 1.82) is 0 Å². The molecule has 2 atom stereocenters. The number of nitrogens with one attached hydrogen (secondary N) is 1. The van der Waals surface area contributed by atoms with Gasteiger partial charge in [0.05, 0.1) is 12.2 Å². The van der Waals surface area contributed by atoms with Gasteiger partial charge in [0.25, 0.3) is 0 Å². The molecule has 3 rings (SSSR count). The van der Waals surface area contributed by atoms with E-state index in [0.29, 0.717) is 18.5 Å². The molecule has 1 N–H and O–H groups in total. The van der Waals surface area contributed by atoms with Gasteiger partial charge in [0.2, 0.25) is 5.91 Å². The standard InChI is InChI=1S/C23H29FN2O2/c1-17-14-26(15-18(2)28-17)16-20-9-7-19(8-10-20)13-25-23(27)12-11-21-5-3-4-6-22(21)24/h3-10,17-18H,11-16H2,1-2H3,(H,25,27). The van der Waals surface area contributed by atoms with Gasteiger partial charge in [-0.05, 0) is 43.0 Å². The minimum Gasteiger partial charge on any atom is -0.373 e. The number of aryl methyl sites for hydroxylation is 1. The third-order valence-electron chi connectivity index (χ3n) is 4.99. The Hall–Kier alpha value is -2.24. The molecule has 1 fully saturated rings.